The normalized spacial score (nSPS) is 11.3. The molecule has 11 aromatic rings. The summed E-state index contributed by atoms with van der Waals surface area (Å²) in [6.45, 7) is 0. The fourth-order valence-corrected chi connectivity index (χ4v) is 9.01. The van der Waals surface area contributed by atoms with E-state index < -0.39 is 0 Å². The smallest absolute Gasteiger partial charge is 0.0562 e. The molecule has 0 saturated heterocycles. The maximum atomic E-state index is 2.48. The van der Waals surface area contributed by atoms with Gasteiger partial charge in [-0.1, -0.05) is 188 Å². The van der Waals surface area contributed by atoms with Crippen LogP contribution in [0.15, 0.2) is 243 Å². The molecule has 10 aromatic carbocycles. The average molecular weight is 765 g/mol. The van der Waals surface area contributed by atoms with Gasteiger partial charge in [0.05, 0.1) is 16.7 Å². The van der Waals surface area contributed by atoms with Crippen LogP contribution in [0.25, 0.3) is 82.8 Å². The molecule has 0 spiro atoms. The van der Waals surface area contributed by atoms with Crippen LogP contribution in [0.5, 0.6) is 0 Å². The van der Waals surface area contributed by atoms with Crippen molar-refractivity contribution in [2.75, 3.05) is 4.90 Å². The number of hydrogen-bond acceptors (Lipinski definition) is 1. The molecule has 0 unspecified atom stereocenters. The zero-order chi connectivity index (χ0) is 39.8. The molecule has 0 radical (unpaired) electrons. The van der Waals surface area contributed by atoms with Crippen molar-refractivity contribution >= 4 is 49.6 Å². The molecule has 0 atom stereocenters. The zero-order valence-corrected chi connectivity index (χ0v) is 33.0. The fraction of sp³-hybridized carbons (Fsp3) is 0. The van der Waals surface area contributed by atoms with E-state index in [0.29, 0.717) is 0 Å². The van der Waals surface area contributed by atoms with Crippen molar-refractivity contribution in [3.63, 3.8) is 0 Å². The molecule has 11 rings (SSSR count). The summed E-state index contributed by atoms with van der Waals surface area (Å²) in [5, 5.41) is 4.91. The molecule has 282 valence electrons. The molecule has 0 N–H and O–H groups in total. The van der Waals surface area contributed by atoms with E-state index >= 15 is 0 Å². The minimum Gasteiger partial charge on any atom is -0.310 e. The van der Waals surface area contributed by atoms with Gasteiger partial charge in [0.1, 0.15) is 0 Å². The number of fused-ring (bicyclic) bond motifs is 4. The van der Waals surface area contributed by atoms with E-state index in [9.17, 15) is 0 Å². The van der Waals surface area contributed by atoms with Gasteiger partial charge in [0.2, 0.25) is 0 Å². The lowest BCUT2D eigenvalue weighted by Crippen LogP contribution is -2.10. The number of aromatic nitrogens is 1. The van der Waals surface area contributed by atoms with E-state index in [-0.39, 0.29) is 0 Å². The molecule has 0 aliphatic heterocycles. The quantitative estimate of drug-likeness (QED) is 0.150. The van der Waals surface area contributed by atoms with Crippen LogP contribution < -0.4 is 4.90 Å². The van der Waals surface area contributed by atoms with Crippen LogP contribution in [-0.2, 0) is 0 Å². The number of hydrogen-bond donors (Lipinski definition) is 0. The van der Waals surface area contributed by atoms with E-state index in [4.69, 9.17) is 0 Å². The molecule has 0 bridgehead atoms. The monoisotopic (exact) mass is 764 g/mol. The third kappa shape index (κ3) is 6.23. The SMILES string of the molecule is c1ccc(-c2cc(N(c3ccccc3)c3ccc4c5ccccc5n(-c5cccc(-c6ccccc6)c5-c5ccccc5)c4c3)ccc2-c2ccc3ccccc3c2)cc1. The predicted molar refractivity (Wildman–Crippen MR) is 255 cm³/mol. The Morgan fingerprint density at radius 3 is 1.62 bits per heavy atom. The molecular formula is C58H40N2. The van der Waals surface area contributed by atoms with Gasteiger partial charge >= 0.3 is 0 Å². The Morgan fingerprint density at radius 2 is 0.867 bits per heavy atom. The number of para-hydroxylation sites is 2. The van der Waals surface area contributed by atoms with E-state index in [0.717, 1.165) is 28.3 Å². The van der Waals surface area contributed by atoms with Crippen LogP contribution >= 0.6 is 0 Å². The van der Waals surface area contributed by atoms with Gasteiger partial charge in [-0.2, -0.15) is 0 Å². The Labute approximate surface area is 350 Å². The molecule has 1 aromatic heterocycles. The Bertz CT molecular complexity index is 3300. The zero-order valence-electron chi connectivity index (χ0n) is 33.0. The fourth-order valence-electron chi connectivity index (χ4n) is 9.01. The minimum atomic E-state index is 1.08. The first-order chi connectivity index (χ1) is 29.8. The first-order valence-corrected chi connectivity index (χ1v) is 20.6. The molecule has 0 aliphatic carbocycles. The third-order valence-electron chi connectivity index (χ3n) is 11.8. The van der Waals surface area contributed by atoms with Crippen molar-refractivity contribution in [2.24, 2.45) is 0 Å². The van der Waals surface area contributed by atoms with Crippen molar-refractivity contribution in [3.8, 4) is 50.2 Å². The maximum absolute atomic E-state index is 2.48. The summed E-state index contributed by atoms with van der Waals surface area (Å²) >= 11 is 0. The Balaban J connectivity index is 1.15. The second kappa shape index (κ2) is 15.1. The summed E-state index contributed by atoms with van der Waals surface area (Å²) in [6.07, 6.45) is 0. The van der Waals surface area contributed by atoms with Gasteiger partial charge in [-0.25, -0.2) is 0 Å². The lowest BCUT2D eigenvalue weighted by Gasteiger charge is -2.27. The number of anilines is 3. The molecule has 0 amide bonds. The minimum absolute atomic E-state index is 1.08. The van der Waals surface area contributed by atoms with Crippen LogP contribution in [0.1, 0.15) is 0 Å². The lowest BCUT2D eigenvalue weighted by molar-refractivity contribution is 1.18. The van der Waals surface area contributed by atoms with Gasteiger partial charge in [0.15, 0.2) is 0 Å². The summed E-state index contributed by atoms with van der Waals surface area (Å²) in [5.41, 5.74) is 16.3. The maximum Gasteiger partial charge on any atom is 0.0562 e. The van der Waals surface area contributed by atoms with E-state index in [2.05, 4.69) is 252 Å². The highest BCUT2D eigenvalue weighted by Gasteiger charge is 2.22. The highest BCUT2D eigenvalue weighted by atomic mass is 15.1. The number of nitrogens with zero attached hydrogens (tertiary/aromatic N) is 2. The van der Waals surface area contributed by atoms with E-state index in [1.165, 1.54) is 71.6 Å². The van der Waals surface area contributed by atoms with Gasteiger partial charge < -0.3 is 9.47 Å². The second-order valence-electron chi connectivity index (χ2n) is 15.3. The molecule has 2 heteroatoms. The standard InChI is InChI=1S/C58H40N2/c1-5-19-42(20-6-1)51-29-17-31-56(58(51)44-23-9-3-10-24-44)60-55-30-16-15-28-52(55)53-37-35-49(40-57(53)60)59(47-26-11-4-12-27-47)48-34-36-50(54(39-48)43-21-7-2-8-22-43)46-33-32-41-18-13-14-25-45(41)38-46/h1-40H. The first-order valence-electron chi connectivity index (χ1n) is 20.6. The number of rotatable bonds is 8. The molecule has 60 heavy (non-hydrogen) atoms. The summed E-state index contributed by atoms with van der Waals surface area (Å²) in [6, 6.07) is 88.0. The van der Waals surface area contributed by atoms with Gasteiger partial charge in [-0.05, 0) is 104 Å². The molecule has 0 fully saturated rings. The largest absolute Gasteiger partial charge is 0.310 e. The topological polar surface area (TPSA) is 8.17 Å². The second-order valence-corrected chi connectivity index (χ2v) is 15.3. The van der Waals surface area contributed by atoms with Gasteiger partial charge in [0, 0.05) is 33.4 Å². The van der Waals surface area contributed by atoms with Crippen molar-refractivity contribution < 1.29 is 0 Å². The van der Waals surface area contributed by atoms with Crippen molar-refractivity contribution in [3.05, 3.63) is 243 Å². The first kappa shape index (κ1) is 35.2. The van der Waals surface area contributed by atoms with E-state index in [1.807, 2.05) is 0 Å². The van der Waals surface area contributed by atoms with Crippen molar-refractivity contribution in [1.29, 1.82) is 0 Å². The molecule has 1 heterocycles. The van der Waals surface area contributed by atoms with Gasteiger partial charge in [0.25, 0.3) is 0 Å². The van der Waals surface area contributed by atoms with Gasteiger partial charge in [-0.3, -0.25) is 0 Å². The molecule has 0 saturated carbocycles. The third-order valence-corrected chi connectivity index (χ3v) is 11.8. The van der Waals surface area contributed by atoms with Crippen LogP contribution in [0.3, 0.4) is 0 Å². The van der Waals surface area contributed by atoms with E-state index in [1.54, 1.807) is 0 Å². The lowest BCUT2D eigenvalue weighted by atomic mass is 9.92. The molecule has 2 nitrogen and oxygen atoms in total. The van der Waals surface area contributed by atoms with Crippen LogP contribution in [0.2, 0.25) is 0 Å². The van der Waals surface area contributed by atoms with Crippen molar-refractivity contribution in [1.82, 2.24) is 4.57 Å². The average Bonchev–Trinajstić information content (AvgIpc) is 3.66. The van der Waals surface area contributed by atoms with Crippen LogP contribution in [0.4, 0.5) is 17.1 Å². The summed E-state index contributed by atoms with van der Waals surface area (Å²) in [7, 11) is 0. The van der Waals surface area contributed by atoms with Gasteiger partial charge in [-0.15, -0.1) is 0 Å². The Kier molecular flexibility index (Phi) is 8.87. The Morgan fingerprint density at radius 1 is 0.283 bits per heavy atom. The van der Waals surface area contributed by atoms with Crippen LogP contribution in [0, 0.1) is 0 Å². The molecule has 0 aliphatic rings. The summed E-state index contributed by atoms with van der Waals surface area (Å²) in [4.78, 5) is 2.40. The highest BCUT2D eigenvalue weighted by Crippen LogP contribution is 2.45. The summed E-state index contributed by atoms with van der Waals surface area (Å²) < 4.78 is 2.48. The Hall–Kier alpha value is -7.94. The molecular weight excluding hydrogens is 725 g/mol. The predicted octanol–water partition coefficient (Wildman–Crippen LogP) is 16.1. The van der Waals surface area contributed by atoms with Crippen molar-refractivity contribution in [2.45, 2.75) is 0 Å². The number of benzene rings is 10. The van der Waals surface area contributed by atoms with Crippen LogP contribution in [-0.4, -0.2) is 4.57 Å². The summed E-state index contributed by atoms with van der Waals surface area (Å²) in [5.74, 6) is 0. The highest BCUT2D eigenvalue weighted by molar-refractivity contribution is 6.11.